The zero-order valence-corrected chi connectivity index (χ0v) is 16.4. The van der Waals surface area contributed by atoms with Crippen molar-refractivity contribution < 1.29 is 13.2 Å². The Morgan fingerprint density at radius 1 is 1.26 bits per heavy atom. The van der Waals surface area contributed by atoms with Crippen LogP contribution < -0.4 is 5.32 Å². The molecule has 1 aromatic carbocycles. The van der Waals surface area contributed by atoms with Gasteiger partial charge >= 0.3 is 0 Å². The molecule has 0 unspecified atom stereocenters. The average molecular weight is 425 g/mol. The Hall–Kier alpha value is -2.16. The van der Waals surface area contributed by atoms with Crippen molar-refractivity contribution in [3.63, 3.8) is 0 Å². The molecule has 0 aliphatic heterocycles. The third-order valence-corrected chi connectivity index (χ3v) is 5.94. The van der Waals surface area contributed by atoms with Crippen LogP contribution in [0, 0.1) is 5.92 Å². The molecule has 1 fully saturated rings. The van der Waals surface area contributed by atoms with Gasteiger partial charge in [0, 0.05) is 24.6 Å². The van der Waals surface area contributed by atoms with Crippen LogP contribution >= 0.6 is 23.2 Å². The van der Waals surface area contributed by atoms with Gasteiger partial charge in [0.25, 0.3) is 0 Å². The average Bonchev–Trinajstić information content (AvgIpc) is 3.34. The number of hydrogen-bond donors (Lipinski definition) is 1. The van der Waals surface area contributed by atoms with Crippen LogP contribution in [0.4, 0.5) is 5.82 Å². The Morgan fingerprint density at radius 3 is 2.52 bits per heavy atom. The number of hydrogen-bond acceptors (Lipinski definition) is 5. The van der Waals surface area contributed by atoms with Gasteiger partial charge in [-0.25, -0.2) is 18.1 Å². The first-order valence-corrected chi connectivity index (χ1v) is 10.7. The minimum Gasteiger partial charge on any atom is -0.310 e. The summed E-state index contributed by atoms with van der Waals surface area (Å²) in [5.41, 5.74) is 0.942. The second kappa shape index (κ2) is 6.47. The Morgan fingerprint density at radius 2 is 1.93 bits per heavy atom. The highest BCUT2D eigenvalue weighted by molar-refractivity contribution is 7.90. The van der Waals surface area contributed by atoms with E-state index >= 15 is 0 Å². The largest absolute Gasteiger partial charge is 0.310 e. The number of carbonyl (C=O) groups excluding carboxylic acids is 1. The summed E-state index contributed by atoms with van der Waals surface area (Å²) >= 11 is 12.6. The van der Waals surface area contributed by atoms with Crippen LogP contribution in [-0.2, 0) is 14.6 Å². The van der Waals surface area contributed by atoms with Crippen LogP contribution in [0.5, 0.6) is 0 Å². The van der Waals surface area contributed by atoms with Crippen molar-refractivity contribution in [1.29, 1.82) is 0 Å². The molecule has 1 N–H and O–H groups in total. The summed E-state index contributed by atoms with van der Waals surface area (Å²) in [7, 11) is -3.45. The highest BCUT2D eigenvalue weighted by Crippen LogP contribution is 2.34. The molecular formula is C17H14Cl2N4O3S. The van der Waals surface area contributed by atoms with Crippen molar-refractivity contribution >= 4 is 55.7 Å². The summed E-state index contributed by atoms with van der Waals surface area (Å²) < 4.78 is 24.9. The predicted octanol–water partition coefficient (Wildman–Crippen LogP) is 3.48. The second-order valence-electron chi connectivity index (χ2n) is 6.44. The van der Waals surface area contributed by atoms with Crippen LogP contribution in [0.25, 0.3) is 16.6 Å². The molecule has 10 heteroatoms. The molecule has 0 spiro atoms. The van der Waals surface area contributed by atoms with Gasteiger partial charge in [-0.3, -0.25) is 4.79 Å². The van der Waals surface area contributed by atoms with Gasteiger partial charge in [0.1, 0.15) is 11.5 Å². The van der Waals surface area contributed by atoms with Crippen molar-refractivity contribution in [2.75, 3.05) is 11.6 Å². The van der Waals surface area contributed by atoms with E-state index in [1.165, 1.54) is 16.8 Å². The van der Waals surface area contributed by atoms with Gasteiger partial charge in [0.15, 0.2) is 9.84 Å². The standard InChI is InChI=1S/C17H14Cl2N4O3S/c1-27(25,26)10-6-12(18)15(13(19)7-10)23-8-11-14(22-23)4-5-20-16(11)21-17(24)9-2-3-9/h4-9H,2-3H2,1H3,(H,20,21,24). The summed E-state index contributed by atoms with van der Waals surface area (Å²) in [6.45, 7) is 0. The van der Waals surface area contributed by atoms with Gasteiger partial charge in [-0.2, -0.15) is 5.10 Å². The summed E-state index contributed by atoms with van der Waals surface area (Å²) in [5, 5.41) is 8.17. The van der Waals surface area contributed by atoms with E-state index < -0.39 is 9.84 Å². The molecule has 1 saturated carbocycles. The number of halogens is 2. The van der Waals surface area contributed by atoms with Crippen LogP contribution in [-0.4, -0.2) is 35.3 Å². The number of rotatable bonds is 4. The predicted molar refractivity (Wildman–Crippen MR) is 103 cm³/mol. The first-order chi connectivity index (χ1) is 12.7. The van der Waals surface area contributed by atoms with Gasteiger partial charge in [-0.05, 0) is 31.0 Å². The molecule has 1 aliphatic carbocycles. The van der Waals surface area contributed by atoms with E-state index in [9.17, 15) is 13.2 Å². The van der Waals surface area contributed by atoms with E-state index in [1.54, 1.807) is 18.5 Å². The zero-order valence-electron chi connectivity index (χ0n) is 14.1. The first-order valence-electron chi connectivity index (χ1n) is 8.09. The molecule has 3 aromatic rings. The molecule has 4 rings (SSSR count). The minimum absolute atomic E-state index is 0.0250. The van der Waals surface area contributed by atoms with Crippen molar-refractivity contribution in [2.24, 2.45) is 5.92 Å². The van der Waals surface area contributed by atoms with Gasteiger partial charge < -0.3 is 5.32 Å². The van der Waals surface area contributed by atoms with Crippen molar-refractivity contribution in [2.45, 2.75) is 17.7 Å². The number of sulfone groups is 1. The summed E-state index contributed by atoms with van der Waals surface area (Å²) in [5.74, 6) is 0.400. The lowest BCUT2D eigenvalue weighted by molar-refractivity contribution is -0.117. The lowest BCUT2D eigenvalue weighted by Gasteiger charge is -2.09. The molecule has 140 valence electrons. The monoisotopic (exact) mass is 424 g/mol. The maximum atomic E-state index is 12.1. The molecule has 27 heavy (non-hydrogen) atoms. The summed E-state index contributed by atoms with van der Waals surface area (Å²) in [6.07, 6.45) is 6.06. The number of amides is 1. The topological polar surface area (TPSA) is 94.0 Å². The van der Waals surface area contributed by atoms with E-state index in [2.05, 4.69) is 15.4 Å². The second-order valence-corrected chi connectivity index (χ2v) is 9.27. The minimum atomic E-state index is -3.45. The Bertz CT molecular complexity index is 1160. The van der Waals surface area contributed by atoms with Crippen LogP contribution in [0.3, 0.4) is 0 Å². The summed E-state index contributed by atoms with van der Waals surface area (Å²) in [4.78, 5) is 16.3. The van der Waals surface area contributed by atoms with Crippen molar-refractivity contribution in [3.05, 3.63) is 40.6 Å². The maximum Gasteiger partial charge on any atom is 0.228 e. The quantitative estimate of drug-likeness (QED) is 0.691. The number of nitrogens with one attached hydrogen (secondary N) is 1. The third-order valence-electron chi connectivity index (χ3n) is 4.27. The molecule has 0 radical (unpaired) electrons. The number of benzene rings is 1. The number of carbonyl (C=O) groups is 1. The summed E-state index contributed by atoms with van der Waals surface area (Å²) in [6, 6.07) is 4.36. The third kappa shape index (κ3) is 3.52. The van der Waals surface area contributed by atoms with E-state index in [0.29, 0.717) is 22.4 Å². The van der Waals surface area contributed by atoms with Gasteiger partial charge in [-0.15, -0.1) is 0 Å². The molecule has 1 aliphatic rings. The first kappa shape index (κ1) is 18.2. The van der Waals surface area contributed by atoms with E-state index in [-0.39, 0.29) is 26.8 Å². The number of pyridine rings is 1. The highest BCUT2D eigenvalue weighted by Gasteiger charge is 2.30. The lowest BCUT2D eigenvalue weighted by Crippen LogP contribution is -2.14. The molecule has 0 saturated heterocycles. The maximum absolute atomic E-state index is 12.1. The Kier molecular flexibility index (Phi) is 4.37. The number of nitrogens with zero attached hydrogens (tertiary/aromatic N) is 3. The molecule has 0 atom stereocenters. The lowest BCUT2D eigenvalue weighted by atomic mass is 10.3. The molecule has 0 bridgehead atoms. The Balaban J connectivity index is 1.80. The van der Waals surface area contributed by atoms with Gasteiger partial charge in [0.2, 0.25) is 5.91 Å². The molecule has 2 heterocycles. The Labute approximate surface area is 165 Å². The molecule has 2 aromatic heterocycles. The fraction of sp³-hybridized carbons (Fsp3) is 0.235. The normalized spacial score (nSPS) is 14.5. The van der Waals surface area contributed by atoms with Crippen molar-refractivity contribution in [1.82, 2.24) is 14.8 Å². The number of anilines is 1. The van der Waals surface area contributed by atoms with Crippen molar-refractivity contribution in [3.8, 4) is 5.69 Å². The van der Waals surface area contributed by atoms with Crippen LogP contribution in [0.1, 0.15) is 12.8 Å². The van der Waals surface area contributed by atoms with E-state index in [4.69, 9.17) is 23.2 Å². The van der Waals surface area contributed by atoms with E-state index in [1.807, 2.05) is 0 Å². The SMILES string of the molecule is CS(=O)(=O)c1cc(Cl)c(-n2cc3c(NC(=O)C4CC4)nccc3n2)c(Cl)c1. The highest BCUT2D eigenvalue weighted by atomic mass is 35.5. The fourth-order valence-corrected chi connectivity index (χ4v) is 4.15. The van der Waals surface area contributed by atoms with Gasteiger partial charge in [0.05, 0.1) is 25.8 Å². The molecule has 7 nitrogen and oxygen atoms in total. The van der Waals surface area contributed by atoms with E-state index in [0.717, 1.165) is 19.1 Å². The smallest absolute Gasteiger partial charge is 0.228 e. The molecular weight excluding hydrogens is 411 g/mol. The fourth-order valence-electron chi connectivity index (χ4n) is 2.70. The zero-order chi connectivity index (χ0) is 19.3. The van der Waals surface area contributed by atoms with Crippen LogP contribution in [0.2, 0.25) is 10.0 Å². The molecule has 1 amide bonds. The number of fused-ring (bicyclic) bond motifs is 1. The number of aromatic nitrogens is 3. The van der Waals surface area contributed by atoms with Crippen LogP contribution in [0.15, 0.2) is 35.5 Å². The van der Waals surface area contributed by atoms with Gasteiger partial charge in [-0.1, -0.05) is 23.2 Å².